The van der Waals surface area contributed by atoms with Gasteiger partial charge < -0.3 is 9.47 Å². The Balaban J connectivity index is 1.90. The van der Waals surface area contributed by atoms with Crippen molar-refractivity contribution in [1.82, 2.24) is 0 Å². The largest absolute Gasteiger partial charge is 0.479 e. The molecule has 0 heterocycles. The third-order valence-corrected chi connectivity index (χ3v) is 4.99. The van der Waals surface area contributed by atoms with Crippen molar-refractivity contribution in [2.24, 2.45) is 0 Å². The second-order valence-corrected chi connectivity index (χ2v) is 7.90. The first-order valence-electron chi connectivity index (χ1n) is 8.14. The molecular weight excluding hydrogens is 370 g/mol. The first-order chi connectivity index (χ1) is 12.7. The van der Waals surface area contributed by atoms with Crippen molar-refractivity contribution in [2.45, 2.75) is 13.0 Å². The number of benzene rings is 2. The molecule has 0 bridgehead atoms. The molecule has 2 rings (SSSR count). The van der Waals surface area contributed by atoms with Crippen LogP contribution in [0.1, 0.15) is 17.3 Å². The zero-order chi connectivity index (χ0) is 20.0. The Bertz CT molecular complexity index is 894. The number of rotatable bonds is 8. The number of ketones is 1. The molecule has 0 spiro atoms. The standard InChI is InChI=1S/C19H21NO6S/c1-14(26-17-7-5-4-6-8-17)19(22)25-13-18(21)15-9-11-16(12-10-15)20(2)27(3,23)24/h4-12,14H,13H2,1-3H3/t14-/m0/s1. The summed E-state index contributed by atoms with van der Waals surface area (Å²) in [5.74, 6) is -0.525. The minimum atomic E-state index is -3.38. The number of ether oxygens (including phenoxy) is 2. The first-order valence-corrected chi connectivity index (χ1v) is 9.99. The summed E-state index contributed by atoms with van der Waals surface area (Å²) in [5, 5.41) is 0. The normalized spacial score (nSPS) is 12.1. The molecule has 0 saturated carbocycles. The van der Waals surface area contributed by atoms with E-state index >= 15 is 0 Å². The monoisotopic (exact) mass is 391 g/mol. The molecule has 0 unspecified atom stereocenters. The van der Waals surface area contributed by atoms with Crippen LogP contribution in [0, 0.1) is 0 Å². The predicted molar refractivity (Wildman–Crippen MR) is 102 cm³/mol. The van der Waals surface area contributed by atoms with Gasteiger partial charge in [-0.1, -0.05) is 18.2 Å². The fourth-order valence-electron chi connectivity index (χ4n) is 2.14. The number of Topliss-reactive ketones (excluding diaryl/α,β-unsaturated/α-hetero) is 1. The Morgan fingerprint density at radius 3 is 2.19 bits per heavy atom. The summed E-state index contributed by atoms with van der Waals surface area (Å²) < 4.78 is 34.6. The van der Waals surface area contributed by atoms with Crippen LogP contribution in [0.15, 0.2) is 54.6 Å². The summed E-state index contributed by atoms with van der Waals surface area (Å²) in [4.78, 5) is 24.1. The van der Waals surface area contributed by atoms with Gasteiger partial charge in [-0.25, -0.2) is 13.2 Å². The molecule has 0 fully saturated rings. The molecule has 7 nitrogen and oxygen atoms in total. The number of para-hydroxylation sites is 1. The van der Waals surface area contributed by atoms with E-state index in [-0.39, 0.29) is 0 Å². The van der Waals surface area contributed by atoms with Crippen molar-refractivity contribution in [3.8, 4) is 5.75 Å². The van der Waals surface area contributed by atoms with E-state index in [1.54, 1.807) is 24.3 Å². The van der Waals surface area contributed by atoms with Gasteiger partial charge in [-0.15, -0.1) is 0 Å². The third-order valence-electron chi connectivity index (χ3n) is 3.78. The highest BCUT2D eigenvalue weighted by Gasteiger charge is 2.19. The average Bonchev–Trinajstić information content (AvgIpc) is 2.65. The van der Waals surface area contributed by atoms with Gasteiger partial charge in [-0.05, 0) is 43.3 Å². The zero-order valence-corrected chi connectivity index (χ0v) is 16.1. The Morgan fingerprint density at radius 1 is 1.04 bits per heavy atom. The first kappa shape index (κ1) is 20.4. The maximum atomic E-state index is 12.2. The second-order valence-electron chi connectivity index (χ2n) is 5.88. The number of hydrogen-bond donors (Lipinski definition) is 0. The van der Waals surface area contributed by atoms with Gasteiger partial charge >= 0.3 is 5.97 Å². The van der Waals surface area contributed by atoms with Crippen LogP contribution in [0.2, 0.25) is 0 Å². The van der Waals surface area contributed by atoms with E-state index in [2.05, 4.69) is 0 Å². The van der Waals surface area contributed by atoms with Crippen LogP contribution in [0.3, 0.4) is 0 Å². The topological polar surface area (TPSA) is 90.0 Å². The van der Waals surface area contributed by atoms with Crippen molar-refractivity contribution in [3.05, 3.63) is 60.2 Å². The van der Waals surface area contributed by atoms with E-state index in [1.165, 1.54) is 38.2 Å². The molecule has 0 saturated heterocycles. The van der Waals surface area contributed by atoms with Crippen LogP contribution >= 0.6 is 0 Å². The third kappa shape index (κ3) is 5.82. The van der Waals surface area contributed by atoms with E-state index in [0.29, 0.717) is 17.0 Å². The summed E-state index contributed by atoms with van der Waals surface area (Å²) in [6.07, 6.45) is 0.232. The Hall–Kier alpha value is -2.87. The van der Waals surface area contributed by atoms with Gasteiger partial charge in [0.05, 0.1) is 11.9 Å². The molecule has 2 aromatic rings. The Kier molecular flexibility index (Phi) is 6.57. The molecule has 0 aliphatic carbocycles. The molecule has 8 heteroatoms. The predicted octanol–water partition coefficient (Wildman–Crippen LogP) is 2.28. The summed E-state index contributed by atoms with van der Waals surface area (Å²) in [6.45, 7) is 1.11. The van der Waals surface area contributed by atoms with E-state index in [0.717, 1.165) is 10.6 Å². The summed E-state index contributed by atoms with van der Waals surface area (Å²) in [6, 6.07) is 14.8. The second kappa shape index (κ2) is 8.68. The van der Waals surface area contributed by atoms with Gasteiger partial charge in [0.25, 0.3) is 0 Å². The lowest BCUT2D eigenvalue weighted by Crippen LogP contribution is -2.28. The van der Waals surface area contributed by atoms with E-state index < -0.39 is 34.5 Å². The maximum Gasteiger partial charge on any atom is 0.347 e. The Labute approximate surface area is 158 Å². The molecule has 0 aliphatic heterocycles. The zero-order valence-electron chi connectivity index (χ0n) is 15.3. The average molecular weight is 391 g/mol. The van der Waals surface area contributed by atoms with Crippen LogP contribution in [0.5, 0.6) is 5.75 Å². The highest BCUT2D eigenvalue weighted by molar-refractivity contribution is 7.92. The van der Waals surface area contributed by atoms with Crippen LogP contribution in [0.25, 0.3) is 0 Å². The maximum absolute atomic E-state index is 12.2. The van der Waals surface area contributed by atoms with Crippen LogP contribution < -0.4 is 9.04 Å². The minimum absolute atomic E-state index is 0.310. The van der Waals surface area contributed by atoms with Gasteiger partial charge in [-0.2, -0.15) is 0 Å². The number of carbonyl (C=O) groups excluding carboxylic acids is 2. The molecule has 0 aliphatic rings. The molecular formula is C19H21NO6S. The molecule has 0 N–H and O–H groups in total. The lowest BCUT2D eigenvalue weighted by atomic mass is 10.1. The quantitative estimate of drug-likeness (QED) is 0.507. The molecule has 0 aromatic heterocycles. The van der Waals surface area contributed by atoms with Crippen molar-refractivity contribution in [2.75, 3.05) is 24.2 Å². The highest BCUT2D eigenvalue weighted by Crippen LogP contribution is 2.17. The summed E-state index contributed by atoms with van der Waals surface area (Å²) in [5.41, 5.74) is 0.737. The van der Waals surface area contributed by atoms with Crippen LogP contribution in [-0.2, 0) is 19.6 Å². The lowest BCUT2D eigenvalue weighted by Gasteiger charge is -2.16. The number of anilines is 1. The van der Waals surface area contributed by atoms with E-state index in [9.17, 15) is 18.0 Å². The number of hydrogen-bond acceptors (Lipinski definition) is 6. The smallest absolute Gasteiger partial charge is 0.347 e. The fourth-order valence-corrected chi connectivity index (χ4v) is 2.64. The number of esters is 1. The van der Waals surface area contributed by atoms with Gasteiger partial charge in [0, 0.05) is 12.6 Å². The highest BCUT2D eigenvalue weighted by atomic mass is 32.2. The molecule has 0 radical (unpaired) electrons. The van der Waals surface area contributed by atoms with E-state index in [4.69, 9.17) is 9.47 Å². The van der Waals surface area contributed by atoms with Gasteiger partial charge in [0.15, 0.2) is 18.5 Å². The summed E-state index contributed by atoms with van der Waals surface area (Å²) in [7, 11) is -1.96. The SMILES string of the molecule is C[C@H](Oc1ccccc1)C(=O)OCC(=O)c1ccc(N(C)S(C)(=O)=O)cc1. The summed E-state index contributed by atoms with van der Waals surface area (Å²) >= 11 is 0. The Morgan fingerprint density at radius 2 is 1.63 bits per heavy atom. The molecule has 27 heavy (non-hydrogen) atoms. The van der Waals surface area contributed by atoms with Gasteiger partial charge in [0.2, 0.25) is 10.0 Å². The van der Waals surface area contributed by atoms with Gasteiger partial charge in [0.1, 0.15) is 5.75 Å². The van der Waals surface area contributed by atoms with Crippen LogP contribution in [0.4, 0.5) is 5.69 Å². The van der Waals surface area contributed by atoms with Crippen molar-refractivity contribution >= 4 is 27.5 Å². The van der Waals surface area contributed by atoms with Crippen molar-refractivity contribution in [3.63, 3.8) is 0 Å². The van der Waals surface area contributed by atoms with E-state index in [1.807, 2.05) is 6.07 Å². The fraction of sp³-hybridized carbons (Fsp3) is 0.263. The van der Waals surface area contributed by atoms with Crippen molar-refractivity contribution in [1.29, 1.82) is 0 Å². The molecule has 1 atom stereocenters. The number of sulfonamides is 1. The molecule has 2 aromatic carbocycles. The molecule has 0 amide bonds. The van der Waals surface area contributed by atoms with Gasteiger partial charge in [-0.3, -0.25) is 9.10 Å². The van der Waals surface area contributed by atoms with Crippen molar-refractivity contribution < 1.29 is 27.5 Å². The van der Waals surface area contributed by atoms with Crippen LogP contribution in [-0.4, -0.2) is 46.2 Å². The minimum Gasteiger partial charge on any atom is -0.479 e. The number of carbonyl (C=O) groups is 2. The lowest BCUT2D eigenvalue weighted by molar-refractivity contribution is -0.149. The molecule has 144 valence electrons. The number of nitrogens with zero attached hydrogens (tertiary/aromatic N) is 1.